The highest BCUT2D eigenvalue weighted by Crippen LogP contribution is 2.39. The Morgan fingerprint density at radius 2 is 1.88 bits per heavy atom. The Labute approximate surface area is 190 Å². The van der Waals surface area contributed by atoms with Crippen LogP contribution in [0.4, 0.5) is 0 Å². The van der Waals surface area contributed by atoms with Crippen LogP contribution in [-0.2, 0) is 0 Å². The first kappa shape index (κ1) is 20.2. The van der Waals surface area contributed by atoms with Gasteiger partial charge in [-0.25, -0.2) is 5.01 Å². The molecule has 1 N–H and O–H groups in total. The first-order chi connectivity index (χ1) is 15.6. The number of aromatic nitrogens is 1. The molecule has 3 heterocycles. The van der Waals surface area contributed by atoms with Gasteiger partial charge in [0.1, 0.15) is 5.75 Å². The Hall–Kier alpha value is -3.77. The first-order valence-corrected chi connectivity index (χ1v) is 11.2. The molecule has 0 saturated heterocycles. The van der Waals surface area contributed by atoms with E-state index in [2.05, 4.69) is 29.1 Å². The molecule has 0 radical (unpaired) electrons. The van der Waals surface area contributed by atoms with Gasteiger partial charge in [-0.1, -0.05) is 54.1 Å². The van der Waals surface area contributed by atoms with Crippen LogP contribution in [0.5, 0.6) is 5.75 Å². The van der Waals surface area contributed by atoms with Crippen LogP contribution in [0.25, 0.3) is 10.4 Å². The number of hydrazone groups is 1. The number of hydrogen-bond acceptors (Lipinski definition) is 5. The molecular formula is C26H21N3O2S. The molecule has 1 amide bonds. The molecule has 5 nitrogen and oxygen atoms in total. The van der Waals surface area contributed by atoms with E-state index in [4.69, 9.17) is 0 Å². The number of phenols is 1. The maximum atomic E-state index is 13.6. The Morgan fingerprint density at radius 3 is 2.66 bits per heavy atom. The molecule has 0 spiro atoms. The van der Waals surface area contributed by atoms with Crippen molar-refractivity contribution in [3.63, 3.8) is 0 Å². The van der Waals surface area contributed by atoms with Gasteiger partial charge in [-0.2, -0.15) is 5.10 Å². The number of carbonyl (C=O) groups excluding carboxylic acids is 1. The minimum atomic E-state index is -0.386. The SMILES string of the molecule is Cc1cccc(-c2ccc(C(=O)N3N=C(c4cccnc4)CC3c3ccccc3O)s2)c1. The number of hydrogen-bond donors (Lipinski definition) is 1. The summed E-state index contributed by atoms with van der Waals surface area (Å²) in [6, 6.07) is 22.6. The normalized spacial score (nSPS) is 15.6. The second-order valence-corrected chi connectivity index (χ2v) is 8.83. The predicted molar refractivity (Wildman–Crippen MR) is 127 cm³/mol. The van der Waals surface area contributed by atoms with Crippen molar-refractivity contribution in [2.45, 2.75) is 19.4 Å². The lowest BCUT2D eigenvalue weighted by molar-refractivity contribution is 0.0714. The second kappa shape index (κ2) is 8.40. The Balaban J connectivity index is 1.52. The highest BCUT2D eigenvalue weighted by Gasteiger charge is 2.35. The average Bonchev–Trinajstić information content (AvgIpc) is 3.48. The van der Waals surface area contributed by atoms with Crippen molar-refractivity contribution in [1.29, 1.82) is 0 Å². The van der Waals surface area contributed by atoms with Crippen LogP contribution in [0.1, 0.15) is 38.8 Å². The minimum absolute atomic E-state index is 0.157. The zero-order valence-electron chi connectivity index (χ0n) is 17.5. The predicted octanol–water partition coefficient (Wildman–Crippen LogP) is 5.82. The first-order valence-electron chi connectivity index (χ1n) is 10.4. The van der Waals surface area contributed by atoms with Gasteiger partial charge in [0, 0.05) is 34.8 Å². The van der Waals surface area contributed by atoms with Gasteiger partial charge >= 0.3 is 0 Å². The molecule has 0 aliphatic carbocycles. The van der Waals surface area contributed by atoms with Gasteiger partial charge in [-0.3, -0.25) is 9.78 Å². The van der Waals surface area contributed by atoms with Gasteiger partial charge in [0.15, 0.2) is 0 Å². The summed E-state index contributed by atoms with van der Waals surface area (Å²) >= 11 is 1.45. The van der Waals surface area contributed by atoms with Crippen molar-refractivity contribution in [1.82, 2.24) is 9.99 Å². The molecule has 2 aromatic heterocycles. The van der Waals surface area contributed by atoms with E-state index in [9.17, 15) is 9.90 Å². The number of nitrogens with zero attached hydrogens (tertiary/aromatic N) is 3. The summed E-state index contributed by atoms with van der Waals surface area (Å²) in [4.78, 5) is 19.4. The molecular weight excluding hydrogens is 418 g/mol. The van der Waals surface area contributed by atoms with E-state index < -0.39 is 0 Å². The van der Waals surface area contributed by atoms with E-state index in [0.717, 1.165) is 21.7 Å². The molecule has 0 saturated carbocycles. The van der Waals surface area contributed by atoms with Crippen LogP contribution < -0.4 is 0 Å². The van der Waals surface area contributed by atoms with Crippen molar-refractivity contribution in [2.75, 3.05) is 0 Å². The van der Waals surface area contributed by atoms with Crippen molar-refractivity contribution in [3.8, 4) is 16.2 Å². The van der Waals surface area contributed by atoms with Crippen LogP contribution >= 0.6 is 11.3 Å². The van der Waals surface area contributed by atoms with E-state index in [0.29, 0.717) is 16.9 Å². The van der Waals surface area contributed by atoms with Crippen molar-refractivity contribution >= 4 is 23.0 Å². The largest absolute Gasteiger partial charge is 0.508 e. The van der Waals surface area contributed by atoms with E-state index >= 15 is 0 Å². The fourth-order valence-corrected chi connectivity index (χ4v) is 4.87. The average molecular weight is 440 g/mol. The molecule has 1 aliphatic rings. The van der Waals surface area contributed by atoms with Crippen molar-refractivity contribution in [3.05, 3.63) is 107 Å². The summed E-state index contributed by atoms with van der Waals surface area (Å²) in [5, 5.41) is 16.7. The van der Waals surface area contributed by atoms with E-state index in [1.807, 2.05) is 48.5 Å². The van der Waals surface area contributed by atoms with Crippen LogP contribution in [0, 0.1) is 6.92 Å². The quantitative estimate of drug-likeness (QED) is 0.436. The highest BCUT2D eigenvalue weighted by atomic mass is 32.1. The standard InChI is InChI=1S/C26H21N3O2S/c1-17-6-4-7-18(14-17)24-11-12-25(32-24)26(31)29-22(20-9-2-3-10-23(20)30)15-21(28-29)19-8-5-13-27-16-19/h2-14,16,22,30H,15H2,1H3. The fraction of sp³-hybridized carbons (Fsp3) is 0.115. The Bertz CT molecular complexity index is 1310. The lowest BCUT2D eigenvalue weighted by atomic mass is 9.98. The Kier molecular flexibility index (Phi) is 5.29. The van der Waals surface area contributed by atoms with Gasteiger partial charge in [-0.15, -0.1) is 11.3 Å². The maximum absolute atomic E-state index is 13.6. The van der Waals surface area contributed by atoms with Crippen LogP contribution in [-0.4, -0.2) is 26.7 Å². The molecule has 1 aliphatic heterocycles. The Morgan fingerprint density at radius 1 is 1.03 bits per heavy atom. The number of thiophene rings is 1. The summed E-state index contributed by atoms with van der Waals surface area (Å²) in [7, 11) is 0. The van der Waals surface area contributed by atoms with Gasteiger partial charge in [0.05, 0.1) is 16.6 Å². The summed E-state index contributed by atoms with van der Waals surface area (Å²) in [6.07, 6.45) is 3.96. The number of aromatic hydroxyl groups is 1. The summed E-state index contributed by atoms with van der Waals surface area (Å²) in [5.41, 5.74) is 4.59. The number of pyridine rings is 1. The zero-order valence-corrected chi connectivity index (χ0v) is 18.3. The fourth-order valence-electron chi connectivity index (χ4n) is 3.94. The minimum Gasteiger partial charge on any atom is -0.508 e. The maximum Gasteiger partial charge on any atom is 0.284 e. The van der Waals surface area contributed by atoms with Crippen molar-refractivity contribution in [2.24, 2.45) is 5.10 Å². The molecule has 5 rings (SSSR count). The molecule has 4 aromatic rings. The van der Waals surface area contributed by atoms with Crippen LogP contribution in [0.2, 0.25) is 0 Å². The molecule has 2 aromatic carbocycles. The molecule has 158 valence electrons. The van der Waals surface area contributed by atoms with Gasteiger partial charge in [0.25, 0.3) is 5.91 Å². The monoisotopic (exact) mass is 439 g/mol. The van der Waals surface area contributed by atoms with Crippen LogP contribution in [0.3, 0.4) is 0 Å². The molecule has 0 bridgehead atoms. The third-order valence-electron chi connectivity index (χ3n) is 5.53. The number of benzene rings is 2. The molecule has 32 heavy (non-hydrogen) atoms. The lowest BCUT2D eigenvalue weighted by Gasteiger charge is -2.22. The third-order valence-corrected chi connectivity index (χ3v) is 6.65. The number of rotatable bonds is 4. The summed E-state index contributed by atoms with van der Waals surface area (Å²) in [6.45, 7) is 2.05. The number of aryl methyl sites for hydroxylation is 1. The summed E-state index contributed by atoms with van der Waals surface area (Å²) in [5.74, 6) is -0.0226. The molecule has 1 unspecified atom stereocenters. The van der Waals surface area contributed by atoms with Crippen LogP contribution in [0.15, 0.2) is 90.3 Å². The van der Waals surface area contributed by atoms with E-state index in [1.54, 1.807) is 24.5 Å². The van der Waals surface area contributed by atoms with Gasteiger partial charge in [-0.05, 0) is 36.8 Å². The molecule has 1 atom stereocenters. The van der Waals surface area contributed by atoms with Crippen molar-refractivity contribution < 1.29 is 9.90 Å². The molecule has 6 heteroatoms. The number of phenolic OH excluding ortho intramolecular Hbond substituents is 1. The summed E-state index contributed by atoms with van der Waals surface area (Å²) < 4.78 is 0. The number of amides is 1. The second-order valence-electron chi connectivity index (χ2n) is 7.75. The van der Waals surface area contributed by atoms with E-state index in [1.165, 1.54) is 21.9 Å². The molecule has 0 fully saturated rings. The van der Waals surface area contributed by atoms with Gasteiger partial charge in [0.2, 0.25) is 0 Å². The van der Waals surface area contributed by atoms with Gasteiger partial charge < -0.3 is 5.11 Å². The number of carbonyl (C=O) groups is 1. The number of para-hydroxylation sites is 1. The highest BCUT2D eigenvalue weighted by molar-refractivity contribution is 7.17. The smallest absolute Gasteiger partial charge is 0.284 e. The third kappa shape index (κ3) is 3.81. The zero-order chi connectivity index (χ0) is 22.1. The lowest BCUT2D eigenvalue weighted by Crippen LogP contribution is -2.26. The topological polar surface area (TPSA) is 65.8 Å². The van der Waals surface area contributed by atoms with E-state index in [-0.39, 0.29) is 17.7 Å².